The van der Waals surface area contributed by atoms with Crippen LogP contribution in [0.4, 0.5) is 14.5 Å². The molecule has 7 heteroatoms. The molecular weight excluding hydrogens is 326 g/mol. The largest absolute Gasteiger partial charge is 0.493 e. The Balaban J connectivity index is 2.28. The maximum Gasteiger partial charge on any atom is 0.178 e. The summed E-state index contributed by atoms with van der Waals surface area (Å²) in [5, 5.41) is 11.5. The van der Waals surface area contributed by atoms with Crippen LogP contribution in [0.1, 0.15) is 18.1 Å². The van der Waals surface area contributed by atoms with E-state index in [-0.39, 0.29) is 29.3 Å². The van der Waals surface area contributed by atoms with E-state index in [0.717, 1.165) is 12.1 Å². The molecule has 0 saturated heterocycles. The first kappa shape index (κ1) is 15.7. The number of hydrogen-bond acceptors (Lipinski definition) is 4. The van der Waals surface area contributed by atoms with Gasteiger partial charge in [-0.1, -0.05) is 11.6 Å². The number of rotatable bonds is 3. The molecule has 0 aromatic heterocycles. The van der Waals surface area contributed by atoms with Crippen LogP contribution >= 0.6 is 11.6 Å². The van der Waals surface area contributed by atoms with E-state index in [1.807, 2.05) is 0 Å². The molecule has 3 rings (SSSR count). The minimum absolute atomic E-state index is 0.0140. The topological polar surface area (TPSA) is 67.8 Å². The van der Waals surface area contributed by atoms with Crippen LogP contribution in [0.3, 0.4) is 0 Å². The van der Waals surface area contributed by atoms with E-state index in [0.29, 0.717) is 10.7 Å². The van der Waals surface area contributed by atoms with Crippen LogP contribution in [0.5, 0.6) is 5.75 Å². The number of nitrogens with zero attached hydrogens (tertiary/aromatic N) is 1. The molecule has 4 nitrogen and oxygen atoms in total. The first-order valence-electron chi connectivity index (χ1n) is 6.87. The lowest BCUT2D eigenvalue weighted by atomic mass is 9.85. The number of aliphatic hydroxyl groups is 1. The maximum atomic E-state index is 13.8. The van der Waals surface area contributed by atoms with Crippen molar-refractivity contribution in [1.29, 1.82) is 0 Å². The molecule has 1 aliphatic heterocycles. The zero-order valence-corrected chi connectivity index (χ0v) is 12.9. The van der Waals surface area contributed by atoms with E-state index in [4.69, 9.17) is 22.1 Å². The molecule has 0 aliphatic carbocycles. The fourth-order valence-electron chi connectivity index (χ4n) is 2.61. The minimum Gasteiger partial charge on any atom is -0.493 e. The summed E-state index contributed by atoms with van der Waals surface area (Å²) in [6.07, 6.45) is 0. The number of fused-ring (bicyclic) bond motifs is 1. The predicted octanol–water partition coefficient (Wildman–Crippen LogP) is 3.26. The van der Waals surface area contributed by atoms with E-state index >= 15 is 0 Å². The van der Waals surface area contributed by atoms with Crippen molar-refractivity contribution >= 4 is 23.1 Å². The molecule has 120 valence electrons. The molecule has 3 N–H and O–H groups in total. The number of benzene rings is 2. The fraction of sp³-hybridized carbons (Fsp3) is 0.188. The zero-order chi connectivity index (χ0) is 16.8. The molecule has 0 bridgehead atoms. The van der Waals surface area contributed by atoms with Gasteiger partial charge in [0.1, 0.15) is 11.6 Å². The van der Waals surface area contributed by atoms with Crippen molar-refractivity contribution in [1.82, 2.24) is 0 Å². The van der Waals surface area contributed by atoms with E-state index in [1.165, 1.54) is 6.07 Å². The number of ether oxygens (including phenoxy) is 1. The van der Waals surface area contributed by atoms with Gasteiger partial charge in [0.2, 0.25) is 0 Å². The lowest BCUT2D eigenvalue weighted by Crippen LogP contribution is -2.40. The van der Waals surface area contributed by atoms with Gasteiger partial charge in [0.05, 0.1) is 12.3 Å². The molecule has 2 aromatic rings. The van der Waals surface area contributed by atoms with Crippen LogP contribution in [0.15, 0.2) is 35.3 Å². The van der Waals surface area contributed by atoms with E-state index < -0.39 is 17.2 Å². The minimum atomic E-state index is -1.95. The Kier molecular flexibility index (Phi) is 3.74. The average molecular weight is 339 g/mol. The maximum absolute atomic E-state index is 13.8. The third kappa shape index (κ3) is 2.34. The molecule has 1 atom stereocenters. The third-order valence-electron chi connectivity index (χ3n) is 3.67. The summed E-state index contributed by atoms with van der Waals surface area (Å²) in [7, 11) is 0. The van der Waals surface area contributed by atoms with Gasteiger partial charge in [0.15, 0.2) is 17.2 Å². The highest BCUT2D eigenvalue weighted by atomic mass is 35.5. The Bertz CT molecular complexity index is 826. The highest BCUT2D eigenvalue weighted by molar-refractivity contribution is 6.30. The molecule has 0 spiro atoms. The zero-order valence-electron chi connectivity index (χ0n) is 12.1. The second-order valence-corrected chi connectivity index (χ2v) is 5.50. The van der Waals surface area contributed by atoms with Gasteiger partial charge in [-0.25, -0.2) is 13.8 Å². The molecule has 2 aromatic carbocycles. The summed E-state index contributed by atoms with van der Waals surface area (Å²) in [6, 6.07) is 6.40. The van der Waals surface area contributed by atoms with Crippen LogP contribution in [0.25, 0.3) is 0 Å². The Labute approximate surface area is 136 Å². The Morgan fingerprint density at radius 1 is 1.22 bits per heavy atom. The summed E-state index contributed by atoms with van der Waals surface area (Å²) < 4.78 is 32.6. The lowest BCUT2D eigenvalue weighted by molar-refractivity contribution is 0.152. The van der Waals surface area contributed by atoms with Gasteiger partial charge >= 0.3 is 0 Å². The van der Waals surface area contributed by atoms with E-state index in [1.54, 1.807) is 19.1 Å². The number of aliphatic imine (C=N–C) groups is 1. The van der Waals surface area contributed by atoms with Gasteiger partial charge in [-0.2, -0.15) is 0 Å². The summed E-state index contributed by atoms with van der Waals surface area (Å²) in [6.45, 7) is 1.89. The molecule has 1 heterocycles. The molecule has 23 heavy (non-hydrogen) atoms. The normalized spacial score (nSPS) is 19.4. The van der Waals surface area contributed by atoms with Crippen molar-refractivity contribution in [3.63, 3.8) is 0 Å². The molecule has 1 aliphatic rings. The van der Waals surface area contributed by atoms with Crippen LogP contribution in [-0.4, -0.2) is 17.5 Å². The standard InChI is InChI=1S/C16H13ClF2N2O2/c1-2-23-14-7-12(19)11(18)6-10(14)16(22)9-5-8(17)3-4-13(9)21-15(16)20/h3-7,22H,2H2,1H3,(H2,20,21). The quantitative estimate of drug-likeness (QED) is 0.902. The van der Waals surface area contributed by atoms with Crippen LogP contribution < -0.4 is 10.5 Å². The van der Waals surface area contributed by atoms with Crippen LogP contribution in [0.2, 0.25) is 5.02 Å². The number of halogens is 3. The van der Waals surface area contributed by atoms with Crippen molar-refractivity contribution in [3.05, 3.63) is 58.1 Å². The summed E-state index contributed by atoms with van der Waals surface area (Å²) in [5.41, 5.74) is 4.60. The number of amidine groups is 1. The average Bonchev–Trinajstić information content (AvgIpc) is 2.75. The van der Waals surface area contributed by atoms with Crippen LogP contribution in [0, 0.1) is 11.6 Å². The first-order valence-corrected chi connectivity index (χ1v) is 7.25. The summed E-state index contributed by atoms with van der Waals surface area (Å²) in [4.78, 5) is 4.09. The van der Waals surface area contributed by atoms with Crippen LogP contribution in [-0.2, 0) is 5.60 Å². The second kappa shape index (κ2) is 5.47. The van der Waals surface area contributed by atoms with Gasteiger partial charge in [-0.15, -0.1) is 0 Å². The summed E-state index contributed by atoms with van der Waals surface area (Å²) in [5.74, 6) is -2.39. The Hall–Kier alpha value is -2.18. The van der Waals surface area contributed by atoms with Crippen molar-refractivity contribution in [2.45, 2.75) is 12.5 Å². The molecule has 0 fully saturated rings. The number of nitrogens with two attached hydrogens (primary N) is 1. The predicted molar refractivity (Wildman–Crippen MR) is 83.3 cm³/mol. The van der Waals surface area contributed by atoms with Crippen molar-refractivity contribution in [3.8, 4) is 5.75 Å². The molecule has 0 amide bonds. The molecule has 0 radical (unpaired) electrons. The highest BCUT2D eigenvalue weighted by Gasteiger charge is 2.45. The lowest BCUT2D eigenvalue weighted by Gasteiger charge is -2.27. The molecular formula is C16H13ClF2N2O2. The molecule has 1 unspecified atom stereocenters. The van der Waals surface area contributed by atoms with Gasteiger partial charge in [0.25, 0.3) is 0 Å². The van der Waals surface area contributed by atoms with E-state index in [2.05, 4.69) is 4.99 Å². The number of hydrogen-bond donors (Lipinski definition) is 2. The monoisotopic (exact) mass is 338 g/mol. The Morgan fingerprint density at radius 3 is 2.61 bits per heavy atom. The third-order valence-corrected chi connectivity index (χ3v) is 3.91. The SMILES string of the molecule is CCOc1cc(F)c(F)cc1C1(O)C(N)=Nc2ccc(Cl)cc21. The second-order valence-electron chi connectivity index (χ2n) is 5.06. The smallest absolute Gasteiger partial charge is 0.178 e. The molecule has 0 saturated carbocycles. The van der Waals surface area contributed by atoms with Crippen molar-refractivity contribution in [2.24, 2.45) is 10.7 Å². The fourth-order valence-corrected chi connectivity index (χ4v) is 2.79. The summed E-state index contributed by atoms with van der Waals surface area (Å²) >= 11 is 5.98. The van der Waals surface area contributed by atoms with Gasteiger partial charge < -0.3 is 15.6 Å². The van der Waals surface area contributed by atoms with Gasteiger partial charge in [-0.3, -0.25) is 0 Å². The Morgan fingerprint density at radius 2 is 1.91 bits per heavy atom. The van der Waals surface area contributed by atoms with E-state index in [9.17, 15) is 13.9 Å². The highest BCUT2D eigenvalue weighted by Crippen LogP contribution is 2.46. The first-order chi connectivity index (χ1) is 10.9. The van der Waals surface area contributed by atoms with Gasteiger partial charge in [0, 0.05) is 22.2 Å². The van der Waals surface area contributed by atoms with Crippen molar-refractivity contribution < 1.29 is 18.6 Å². The van der Waals surface area contributed by atoms with Gasteiger partial charge in [-0.05, 0) is 31.2 Å². The van der Waals surface area contributed by atoms with Crippen molar-refractivity contribution in [2.75, 3.05) is 6.61 Å².